The maximum Gasteiger partial charge on any atom is 0.412 e. The molecule has 0 unspecified atom stereocenters. The number of benzene rings is 1. The molecule has 0 spiro atoms. The fraction of sp³-hybridized carbons (Fsp3) is 0.300. The van der Waals surface area contributed by atoms with E-state index in [-0.39, 0.29) is 24.8 Å². The minimum Gasteiger partial charge on any atom is -0.444 e. The summed E-state index contributed by atoms with van der Waals surface area (Å²) in [5.41, 5.74) is 0.785. The number of ether oxygens (including phenoxy) is 1. The Labute approximate surface area is 163 Å². The second-order valence-corrected chi connectivity index (χ2v) is 7.00. The standard InChI is InChI=1S/C20H24N4O4/c1-20(2,3)28-19(27)24-15-7-4-6-14(12-15)18(26)22-11-9-17(25)23-16-8-5-10-21-13-16/h4-8,10,12-13H,9,11H2,1-3H3,(H,22,26)(H,23,25)(H,24,27). The van der Waals surface area contributed by atoms with Crippen molar-refractivity contribution in [1.29, 1.82) is 0 Å². The lowest BCUT2D eigenvalue weighted by molar-refractivity contribution is -0.116. The van der Waals surface area contributed by atoms with Gasteiger partial charge < -0.3 is 15.4 Å². The lowest BCUT2D eigenvalue weighted by Gasteiger charge is -2.19. The number of rotatable bonds is 6. The van der Waals surface area contributed by atoms with Crippen molar-refractivity contribution in [2.45, 2.75) is 32.8 Å². The largest absolute Gasteiger partial charge is 0.444 e. The Morgan fingerprint density at radius 3 is 2.46 bits per heavy atom. The maximum absolute atomic E-state index is 12.3. The number of carbonyl (C=O) groups excluding carboxylic acids is 3. The van der Waals surface area contributed by atoms with E-state index >= 15 is 0 Å². The number of pyridine rings is 1. The van der Waals surface area contributed by atoms with E-state index < -0.39 is 11.7 Å². The van der Waals surface area contributed by atoms with E-state index in [1.165, 1.54) is 6.07 Å². The van der Waals surface area contributed by atoms with Gasteiger partial charge in [-0.1, -0.05) is 6.07 Å². The van der Waals surface area contributed by atoms with E-state index in [1.807, 2.05) is 0 Å². The molecule has 2 rings (SSSR count). The fourth-order valence-corrected chi connectivity index (χ4v) is 2.21. The van der Waals surface area contributed by atoms with Crippen molar-refractivity contribution in [2.24, 2.45) is 0 Å². The minimum atomic E-state index is -0.616. The Kier molecular flexibility index (Phi) is 7.08. The molecule has 0 aliphatic carbocycles. The first-order valence-corrected chi connectivity index (χ1v) is 8.81. The minimum absolute atomic E-state index is 0.122. The van der Waals surface area contributed by atoms with Gasteiger partial charge in [0, 0.05) is 30.4 Å². The van der Waals surface area contributed by atoms with Crippen molar-refractivity contribution in [2.75, 3.05) is 17.2 Å². The molecule has 3 amide bonds. The third-order valence-corrected chi connectivity index (χ3v) is 3.35. The highest BCUT2D eigenvalue weighted by Crippen LogP contribution is 2.13. The Balaban J connectivity index is 1.82. The molecule has 28 heavy (non-hydrogen) atoms. The van der Waals surface area contributed by atoms with Crippen LogP contribution in [0.5, 0.6) is 0 Å². The van der Waals surface area contributed by atoms with Crippen molar-refractivity contribution in [1.82, 2.24) is 10.3 Å². The molecular formula is C20H24N4O4. The SMILES string of the molecule is CC(C)(C)OC(=O)Nc1cccc(C(=O)NCCC(=O)Nc2cccnc2)c1. The summed E-state index contributed by atoms with van der Waals surface area (Å²) in [5, 5.41) is 7.95. The molecule has 1 aromatic heterocycles. The molecule has 8 heteroatoms. The molecular weight excluding hydrogens is 360 g/mol. The van der Waals surface area contributed by atoms with E-state index in [1.54, 1.807) is 63.5 Å². The lowest BCUT2D eigenvalue weighted by Crippen LogP contribution is -2.28. The highest BCUT2D eigenvalue weighted by Gasteiger charge is 2.16. The predicted octanol–water partition coefficient (Wildman–Crippen LogP) is 3.19. The normalized spacial score (nSPS) is 10.7. The summed E-state index contributed by atoms with van der Waals surface area (Å²) in [6.07, 6.45) is 2.68. The quantitative estimate of drug-likeness (QED) is 0.709. The molecule has 0 saturated carbocycles. The summed E-state index contributed by atoms with van der Waals surface area (Å²) >= 11 is 0. The third-order valence-electron chi connectivity index (χ3n) is 3.35. The molecule has 1 aromatic carbocycles. The Morgan fingerprint density at radius 2 is 1.79 bits per heavy atom. The number of hydrogen-bond donors (Lipinski definition) is 3. The Bertz CT molecular complexity index is 832. The van der Waals surface area contributed by atoms with E-state index in [4.69, 9.17) is 4.74 Å². The molecule has 0 radical (unpaired) electrons. The Morgan fingerprint density at radius 1 is 1.04 bits per heavy atom. The second-order valence-electron chi connectivity index (χ2n) is 7.00. The van der Waals surface area contributed by atoms with Gasteiger partial charge in [-0.2, -0.15) is 0 Å². The number of hydrogen-bond acceptors (Lipinski definition) is 5. The van der Waals surface area contributed by atoms with Crippen LogP contribution in [0.25, 0.3) is 0 Å². The highest BCUT2D eigenvalue weighted by molar-refractivity contribution is 5.97. The van der Waals surface area contributed by atoms with Gasteiger partial charge in [0.2, 0.25) is 5.91 Å². The molecule has 0 bridgehead atoms. The average molecular weight is 384 g/mol. The van der Waals surface area contributed by atoms with Gasteiger partial charge in [0.1, 0.15) is 5.60 Å². The molecule has 0 fully saturated rings. The van der Waals surface area contributed by atoms with Crippen LogP contribution in [0, 0.1) is 0 Å². The van der Waals surface area contributed by atoms with Crippen LogP contribution in [0.1, 0.15) is 37.6 Å². The summed E-state index contributed by atoms with van der Waals surface area (Å²) in [4.78, 5) is 39.9. The van der Waals surface area contributed by atoms with Crippen LogP contribution < -0.4 is 16.0 Å². The van der Waals surface area contributed by atoms with Crippen LogP contribution >= 0.6 is 0 Å². The molecule has 0 aliphatic rings. The smallest absolute Gasteiger partial charge is 0.412 e. The van der Waals surface area contributed by atoms with Gasteiger partial charge in [-0.15, -0.1) is 0 Å². The van der Waals surface area contributed by atoms with Gasteiger partial charge >= 0.3 is 6.09 Å². The van der Waals surface area contributed by atoms with E-state index in [0.717, 1.165) is 0 Å². The average Bonchev–Trinajstić information content (AvgIpc) is 2.61. The molecule has 0 atom stereocenters. The van der Waals surface area contributed by atoms with E-state index in [0.29, 0.717) is 16.9 Å². The predicted molar refractivity (Wildman–Crippen MR) is 106 cm³/mol. The van der Waals surface area contributed by atoms with Crippen LogP contribution in [0.2, 0.25) is 0 Å². The van der Waals surface area contributed by atoms with Gasteiger partial charge in [-0.3, -0.25) is 19.9 Å². The van der Waals surface area contributed by atoms with Gasteiger partial charge in [0.05, 0.1) is 11.9 Å². The van der Waals surface area contributed by atoms with Crippen molar-refractivity contribution in [3.8, 4) is 0 Å². The molecule has 3 N–H and O–H groups in total. The first-order chi connectivity index (χ1) is 13.2. The summed E-state index contributed by atoms with van der Waals surface area (Å²) in [5.74, 6) is -0.573. The topological polar surface area (TPSA) is 109 Å². The number of aromatic nitrogens is 1. The molecule has 1 heterocycles. The number of amides is 3. The number of anilines is 2. The number of carbonyl (C=O) groups is 3. The van der Waals surface area contributed by atoms with Crippen LogP contribution in [0.4, 0.5) is 16.2 Å². The highest BCUT2D eigenvalue weighted by atomic mass is 16.6. The Hall–Kier alpha value is -3.42. The summed E-state index contributed by atoms with van der Waals surface area (Å²) in [6, 6.07) is 9.90. The van der Waals surface area contributed by atoms with Crippen molar-refractivity contribution < 1.29 is 19.1 Å². The van der Waals surface area contributed by atoms with Crippen LogP contribution in [-0.4, -0.2) is 35.0 Å². The molecule has 8 nitrogen and oxygen atoms in total. The first kappa shape index (κ1) is 20.9. The van der Waals surface area contributed by atoms with Crippen molar-refractivity contribution >= 4 is 29.3 Å². The molecule has 0 aliphatic heterocycles. The zero-order valence-corrected chi connectivity index (χ0v) is 16.1. The van der Waals surface area contributed by atoms with Gasteiger partial charge in [-0.25, -0.2) is 4.79 Å². The van der Waals surface area contributed by atoms with Crippen LogP contribution in [-0.2, 0) is 9.53 Å². The fourth-order valence-electron chi connectivity index (χ4n) is 2.21. The van der Waals surface area contributed by atoms with E-state index in [2.05, 4.69) is 20.9 Å². The van der Waals surface area contributed by atoms with Gasteiger partial charge in [-0.05, 0) is 51.1 Å². The summed E-state index contributed by atoms with van der Waals surface area (Å²) in [7, 11) is 0. The number of nitrogens with one attached hydrogen (secondary N) is 3. The van der Waals surface area contributed by atoms with Crippen LogP contribution in [0.15, 0.2) is 48.8 Å². The van der Waals surface area contributed by atoms with Gasteiger partial charge in [0.15, 0.2) is 0 Å². The summed E-state index contributed by atoms with van der Waals surface area (Å²) < 4.78 is 5.18. The zero-order valence-electron chi connectivity index (χ0n) is 16.1. The van der Waals surface area contributed by atoms with Crippen molar-refractivity contribution in [3.63, 3.8) is 0 Å². The zero-order chi connectivity index (χ0) is 20.6. The molecule has 0 saturated heterocycles. The van der Waals surface area contributed by atoms with Crippen LogP contribution in [0.3, 0.4) is 0 Å². The van der Waals surface area contributed by atoms with Crippen molar-refractivity contribution in [3.05, 3.63) is 54.4 Å². The maximum atomic E-state index is 12.3. The van der Waals surface area contributed by atoms with Gasteiger partial charge in [0.25, 0.3) is 5.91 Å². The lowest BCUT2D eigenvalue weighted by atomic mass is 10.2. The molecule has 148 valence electrons. The third kappa shape index (κ3) is 7.45. The molecule has 2 aromatic rings. The van der Waals surface area contributed by atoms with E-state index in [9.17, 15) is 14.4 Å². The monoisotopic (exact) mass is 384 g/mol. The second kappa shape index (κ2) is 9.50. The first-order valence-electron chi connectivity index (χ1n) is 8.81. The summed E-state index contributed by atoms with van der Waals surface area (Å²) in [6.45, 7) is 5.47. The number of nitrogens with zero attached hydrogens (tertiary/aromatic N) is 1.